The zero-order valence-electron chi connectivity index (χ0n) is 13.6. The summed E-state index contributed by atoms with van der Waals surface area (Å²) in [6.45, 7) is 1.39. The number of carbonyl (C=O) groups is 1. The van der Waals surface area contributed by atoms with Gasteiger partial charge >= 0.3 is 0 Å². The molecule has 0 bridgehead atoms. The molecule has 1 N–H and O–H groups in total. The molecule has 1 aromatic heterocycles. The first kappa shape index (κ1) is 16.8. The van der Waals surface area contributed by atoms with Gasteiger partial charge in [-0.05, 0) is 31.2 Å². The number of benzene rings is 2. The number of aromatic nitrogens is 3. The minimum absolute atomic E-state index is 0.0386. The van der Waals surface area contributed by atoms with Gasteiger partial charge in [0.15, 0.2) is 5.78 Å². The molecule has 1 atom stereocenters. The highest BCUT2D eigenvalue weighted by molar-refractivity contribution is 5.94. The Balaban J connectivity index is 1.68. The van der Waals surface area contributed by atoms with Crippen molar-refractivity contribution >= 4 is 16.7 Å². The third kappa shape index (κ3) is 3.89. The van der Waals surface area contributed by atoms with Crippen molar-refractivity contribution in [3.05, 3.63) is 64.4 Å². The number of rotatable bonds is 6. The summed E-state index contributed by atoms with van der Waals surface area (Å²) in [5.41, 5.74) is 0.724. The highest BCUT2D eigenvalue weighted by Crippen LogP contribution is 2.14. The molecule has 0 aliphatic carbocycles. The van der Waals surface area contributed by atoms with Gasteiger partial charge in [-0.25, -0.2) is 4.68 Å². The molecular weight excluding hydrogens is 322 g/mol. The second-order valence-corrected chi connectivity index (χ2v) is 5.64. The van der Waals surface area contributed by atoms with Gasteiger partial charge in [0.1, 0.15) is 24.0 Å². The van der Waals surface area contributed by atoms with Gasteiger partial charge < -0.3 is 9.84 Å². The van der Waals surface area contributed by atoms with Gasteiger partial charge in [0.05, 0.1) is 11.9 Å². The molecule has 0 radical (unpaired) electrons. The minimum Gasteiger partial charge on any atom is -0.491 e. The monoisotopic (exact) mass is 339 g/mol. The Kier molecular flexibility index (Phi) is 4.85. The maximum Gasteiger partial charge on any atom is 0.277 e. The van der Waals surface area contributed by atoms with Crippen LogP contribution in [0.5, 0.6) is 5.75 Å². The Bertz CT molecular complexity index is 968. The number of ketones is 1. The summed E-state index contributed by atoms with van der Waals surface area (Å²) >= 11 is 0. The lowest BCUT2D eigenvalue weighted by atomic mass is 10.1. The first-order valence-electron chi connectivity index (χ1n) is 7.79. The number of Topliss-reactive ketones (excluding diaryl/α,β-unsaturated/α-hetero) is 1. The van der Waals surface area contributed by atoms with Gasteiger partial charge in [-0.2, -0.15) is 0 Å². The Morgan fingerprint density at radius 2 is 2.04 bits per heavy atom. The second-order valence-electron chi connectivity index (χ2n) is 5.64. The molecule has 1 heterocycles. The molecule has 25 heavy (non-hydrogen) atoms. The van der Waals surface area contributed by atoms with E-state index < -0.39 is 6.10 Å². The van der Waals surface area contributed by atoms with Crippen LogP contribution in [0.15, 0.2) is 53.3 Å². The van der Waals surface area contributed by atoms with Crippen LogP contribution < -0.4 is 10.3 Å². The van der Waals surface area contributed by atoms with Crippen LogP contribution in [0.2, 0.25) is 0 Å². The Labute approximate surface area is 143 Å². The van der Waals surface area contributed by atoms with Crippen LogP contribution in [0.3, 0.4) is 0 Å². The van der Waals surface area contributed by atoms with E-state index in [-0.39, 0.29) is 24.5 Å². The van der Waals surface area contributed by atoms with Gasteiger partial charge in [0, 0.05) is 5.56 Å². The summed E-state index contributed by atoms with van der Waals surface area (Å²) in [7, 11) is 0. The van der Waals surface area contributed by atoms with Crippen molar-refractivity contribution in [1.82, 2.24) is 15.0 Å². The molecule has 3 rings (SSSR count). The lowest BCUT2D eigenvalue weighted by Crippen LogP contribution is -2.32. The van der Waals surface area contributed by atoms with Crippen molar-refractivity contribution < 1.29 is 14.6 Å². The fourth-order valence-corrected chi connectivity index (χ4v) is 2.39. The van der Waals surface area contributed by atoms with Gasteiger partial charge in [-0.1, -0.05) is 29.5 Å². The topological polar surface area (TPSA) is 94.3 Å². The van der Waals surface area contributed by atoms with Crippen molar-refractivity contribution in [2.24, 2.45) is 0 Å². The van der Waals surface area contributed by atoms with Crippen molar-refractivity contribution in [2.75, 3.05) is 6.61 Å². The molecule has 0 spiro atoms. The first-order chi connectivity index (χ1) is 12.0. The quantitative estimate of drug-likeness (QED) is 0.683. The van der Waals surface area contributed by atoms with E-state index in [1.807, 2.05) is 0 Å². The standard InChI is InChI=1S/C18H17N3O4/c1-12(22)13-5-4-6-15(9-13)25-11-14(23)10-21-18(24)16-7-2-3-8-17(16)19-20-21/h2-9,14,23H,10-11H2,1H3/t14-/m0/s1. The van der Waals surface area contributed by atoms with Gasteiger partial charge in [0.25, 0.3) is 5.56 Å². The zero-order chi connectivity index (χ0) is 17.8. The minimum atomic E-state index is -0.950. The van der Waals surface area contributed by atoms with E-state index >= 15 is 0 Å². The van der Waals surface area contributed by atoms with Crippen LogP contribution in [0.4, 0.5) is 0 Å². The molecule has 0 aliphatic rings. The number of carbonyl (C=O) groups excluding carboxylic acids is 1. The summed E-state index contributed by atoms with van der Waals surface area (Å²) in [6.07, 6.45) is -0.950. The van der Waals surface area contributed by atoms with Crippen molar-refractivity contribution in [3.63, 3.8) is 0 Å². The van der Waals surface area contributed by atoms with Gasteiger partial charge in [0.2, 0.25) is 0 Å². The summed E-state index contributed by atoms with van der Waals surface area (Å²) in [5.74, 6) is 0.410. The molecule has 0 saturated carbocycles. The number of ether oxygens (including phenoxy) is 1. The maximum atomic E-state index is 12.3. The second kappa shape index (κ2) is 7.23. The number of hydrogen-bond acceptors (Lipinski definition) is 6. The Morgan fingerprint density at radius 3 is 2.84 bits per heavy atom. The molecule has 0 unspecified atom stereocenters. The average Bonchev–Trinajstić information content (AvgIpc) is 2.63. The van der Waals surface area contributed by atoms with E-state index in [0.29, 0.717) is 22.2 Å². The summed E-state index contributed by atoms with van der Waals surface area (Å²) in [4.78, 5) is 23.7. The molecule has 7 nitrogen and oxygen atoms in total. The molecular formula is C18H17N3O4. The number of fused-ring (bicyclic) bond motifs is 1. The predicted octanol–water partition coefficient (Wildman–Crippen LogP) is 1.43. The van der Waals surface area contributed by atoms with Crippen LogP contribution >= 0.6 is 0 Å². The van der Waals surface area contributed by atoms with Crippen LogP contribution in [-0.2, 0) is 6.54 Å². The number of nitrogens with zero attached hydrogens (tertiary/aromatic N) is 3. The van der Waals surface area contributed by atoms with Crippen molar-refractivity contribution in [2.45, 2.75) is 19.6 Å². The van der Waals surface area contributed by atoms with E-state index in [1.54, 1.807) is 48.5 Å². The van der Waals surface area contributed by atoms with E-state index in [0.717, 1.165) is 4.68 Å². The Hall–Kier alpha value is -3.06. The lowest BCUT2D eigenvalue weighted by molar-refractivity contribution is 0.0872. The zero-order valence-corrected chi connectivity index (χ0v) is 13.6. The number of hydrogen-bond donors (Lipinski definition) is 1. The van der Waals surface area contributed by atoms with Crippen LogP contribution in [0, 0.1) is 0 Å². The summed E-state index contributed by atoms with van der Waals surface area (Å²) < 4.78 is 6.61. The average molecular weight is 339 g/mol. The molecule has 3 aromatic rings. The molecule has 0 saturated heterocycles. The van der Waals surface area contributed by atoms with Crippen LogP contribution in [0.25, 0.3) is 10.9 Å². The molecule has 2 aromatic carbocycles. The summed E-state index contributed by atoms with van der Waals surface area (Å²) in [5, 5.41) is 18.4. The third-order valence-corrected chi connectivity index (χ3v) is 3.70. The predicted molar refractivity (Wildman–Crippen MR) is 91.7 cm³/mol. The van der Waals surface area contributed by atoms with E-state index in [2.05, 4.69) is 10.3 Å². The fraction of sp³-hybridized carbons (Fsp3) is 0.222. The van der Waals surface area contributed by atoms with Gasteiger partial charge in [-0.15, -0.1) is 5.10 Å². The number of aliphatic hydroxyl groups excluding tert-OH is 1. The molecule has 0 fully saturated rings. The Morgan fingerprint density at radius 1 is 1.24 bits per heavy atom. The third-order valence-electron chi connectivity index (χ3n) is 3.70. The largest absolute Gasteiger partial charge is 0.491 e. The van der Waals surface area contributed by atoms with Crippen molar-refractivity contribution in [1.29, 1.82) is 0 Å². The maximum absolute atomic E-state index is 12.3. The van der Waals surface area contributed by atoms with E-state index in [9.17, 15) is 14.7 Å². The van der Waals surface area contributed by atoms with Crippen molar-refractivity contribution in [3.8, 4) is 5.75 Å². The molecule has 7 heteroatoms. The smallest absolute Gasteiger partial charge is 0.277 e. The molecule has 0 aliphatic heterocycles. The normalized spacial score (nSPS) is 12.1. The summed E-state index contributed by atoms with van der Waals surface area (Å²) in [6, 6.07) is 13.6. The SMILES string of the molecule is CC(=O)c1cccc(OC[C@@H](O)Cn2nnc3ccccc3c2=O)c1. The van der Waals surface area contributed by atoms with Gasteiger partial charge in [-0.3, -0.25) is 9.59 Å². The number of aliphatic hydroxyl groups is 1. The van der Waals surface area contributed by atoms with E-state index in [1.165, 1.54) is 6.92 Å². The fourth-order valence-electron chi connectivity index (χ4n) is 2.39. The van der Waals surface area contributed by atoms with Crippen LogP contribution in [0.1, 0.15) is 17.3 Å². The highest BCUT2D eigenvalue weighted by atomic mass is 16.5. The lowest BCUT2D eigenvalue weighted by Gasteiger charge is -2.13. The highest BCUT2D eigenvalue weighted by Gasteiger charge is 2.11. The molecule has 128 valence electrons. The van der Waals surface area contributed by atoms with Crippen LogP contribution in [-0.4, -0.2) is 38.6 Å². The van der Waals surface area contributed by atoms with E-state index in [4.69, 9.17) is 4.74 Å². The molecule has 0 amide bonds. The first-order valence-corrected chi connectivity index (χ1v) is 7.79.